The molecule has 0 aromatic heterocycles. The summed E-state index contributed by atoms with van der Waals surface area (Å²) in [6.45, 7) is 7.09. The first-order chi connectivity index (χ1) is 10.1. The zero-order valence-corrected chi connectivity index (χ0v) is 13.5. The lowest BCUT2D eigenvalue weighted by atomic mass is 9.86. The summed E-state index contributed by atoms with van der Waals surface area (Å²) in [5, 5.41) is 3.34. The van der Waals surface area contributed by atoms with Crippen LogP contribution in [-0.2, 0) is 6.54 Å². The van der Waals surface area contributed by atoms with E-state index in [0.717, 1.165) is 30.1 Å². The highest BCUT2D eigenvalue weighted by Gasteiger charge is 2.22. The Kier molecular flexibility index (Phi) is 6.04. The number of hydrogen-bond donors (Lipinski definition) is 1. The van der Waals surface area contributed by atoms with Crippen molar-refractivity contribution in [3.8, 4) is 5.75 Å². The van der Waals surface area contributed by atoms with Crippen molar-refractivity contribution in [2.24, 2.45) is 5.92 Å². The van der Waals surface area contributed by atoms with Gasteiger partial charge in [-0.1, -0.05) is 27.2 Å². The van der Waals surface area contributed by atoms with Crippen LogP contribution < -0.4 is 10.1 Å². The van der Waals surface area contributed by atoms with E-state index >= 15 is 0 Å². The maximum atomic E-state index is 13.5. The Morgan fingerprint density at radius 3 is 2.57 bits per heavy atom. The third kappa shape index (κ3) is 4.99. The molecule has 1 N–H and O–H groups in total. The summed E-state index contributed by atoms with van der Waals surface area (Å²) >= 11 is 0. The average Bonchev–Trinajstić information content (AvgIpc) is 2.48. The zero-order valence-electron chi connectivity index (χ0n) is 13.5. The van der Waals surface area contributed by atoms with Gasteiger partial charge in [-0.25, -0.2) is 4.39 Å². The van der Waals surface area contributed by atoms with Gasteiger partial charge in [-0.2, -0.15) is 0 Å². The lowest BCUT2D eigenvalue weighted by Gasteiger charge is -2.29. The van der Waals surface area contributed by atoms with Gasteiger partial charge in [-0.3, -0.25) is 0 Å². The van der Waals surface area contributed by atoms with Crippen molar-refractivity contribution in [3.05, 3.63) is 29.6 Å². The third-order valence-electron chi connectivity index (χ3n) is 4.39. The summed E-state index contributed by atoms with van der Waals surface area (Å²) < 4.78 is 19.6. The second-order valence-corrected chi connectivity index (χ2v) is 6.46. The molecule has 0 atom stereocenters. The Morgan fingerprint density at radius 2 is 1.95 bits per heavy atom. The van der Waals surface area contributed by atoms with Crippen LogP contribution in [0.2, 0.25) is 0 Å². The minimum atomic E-state index is -0.197. The molecular weight excluding hydrogens is 265 g/mol. The fourth-order valence-corrected chi connectivity index (χ4v) is 2.95. The quantitative estimate of drug-likeness (QED) is 0.823. The number of hydrogen-bond acceptors (Lipinski definition) is 2. The molecule has 21 heavy (non-hydrogen) atoms. The van der Waals surface area contributed by atoms with Crippen molar-refractivity contribution in [3.63, 3.8) is 0 Å². The zero-order chi connectivity index (χ0) is 15.2. The van der Waals surface area contributed by atoms with Gasteiger partial charge in [-0.15, -0.1) is 0 Å². The van der Waals surface area contributed by atoms with Gasteiger partial charge >= 0.3 is 0 Å². The van der Waals surface area contributed by atoms with E-state index in [-0.39, 0.29) is 11.9 Å². The maximum Gasteiger partial charge on any atom is 0.124 e. The molecule has 2 nitrogen and oxygen atoms in total. The molecule has 0 radical (unpaired) electrons. The van der Waals surface area contributed by atoms with Crippen molar-refractivity contribution in [2.45, 2.75) is 71.6 Å². The normalized spacial score (nSPS) is 22.5. The van der Waals surface area contributed by atoms with Gasteiger partial charge in [0.25, 0.3) is 0 Å². The molecule has 0 bridgehead atoms. The summed E-state index contributed by atoms with van der Waals surface area (Å²) in [4.78, 5) is 0. The molecule has 1 aliphatic rings. The van der Waals surface area contributed by atoms with Crippen LogP contribution in [0.4, 0.5) is 4.39 Å². The lowest BCUT2D eigenvalue weighted by Crippen LogP contribution is -2.26. The highest BCUT2D eigenvalue weighted by atomic mass is 19.1. The SMILES string of the molecule is CCC1CCC(Oc2ccc(F)cc2CNC(C)C)CC1. The van der Waals surface area contributed by atoms with Gasteiger partial charge < -0.3 is 10.1 Å². The van der Waals surface area contributed by atoms with Crippen LogP contribution in [0.5, 0.6) is 5.75 Å². The Bertz CT molecular complexity index is 439. The number of nitrogens with one attached hydrogen (secondary N) is 1. The summed E-state index contributed by atoms with van der Waals surface area (Å²) in [6.07, 6.45) is 6.30. The molecule has 0 aliphatic heterocycles. The Balaban J connectivity index is 1.98. The molecule has 1 saturated carbocycles. The fourth-order valence-electron chi connectivity index (χ4n) is 2.95. The Hall–Kier alpha value is -1.09. The van der Waals surface area contributed by atoms with Gasteiger partial charge in [0.2, 0.25) is 0 Å². The summed E-state index contributed by atoms with van der Waals surface area (Å²) in [6, 6.07) is 5.23. The van der Waals surface area contributed by atoms with Gasteiger partial charge in [0, 0.05) is 18.2 Å². The topological polar surface area (TPSA) is 21.3 Å². The first-order valence-corrected chi connectivity index (χ1v) is 8.27. The van der Waals surface area contributed by atoms with Crippen LogP contribution >= 0.6 is 0 Å². The van der Waals surface area contributed by atoms with Gasteiger partial charge in [0.05, 0.1) is 6.10 Å². The average molecular weight is 293 g/mol. The van der Waals surface area contributed by atoms with Crippen molar-refractivity contribution < 1.29 is 9.13 Å². The lowest BCUT2D eigenvalue weighted by molar-refractivity contribution is 0.128. The van der Waals surface area contributed by atoms with E-state index in [2.05, 4.69) is 26.1 Å². The highest BCUT2D eigenvalue weighted by Crippen LogP contribution is 2.30. The second kappa shape index (κ2) is 7.79. The van der Waals surface area contributed by atoms with E-state index in [4.69, 9.17) is 4.74 Å². The molecule has 0 saturated heterocycles. The van der Waals surface area contributed by atoms with Crippen molar-refractivity contribution in [1.29, 1.82) is 0 Å². The summed E-state index contributed by atoms with van der Waals surface area (Å²) in [7, 11) is 0. The van der Waals surface area contributed by atoms with Crippen LogP contribution in [0.25, 0.3) is 0 Å². The number of rotatable bonds is 6. The second-order valence-electron chi connectivity index (χ2n) is 6.46. The molecule has 3 heteroatoms. The molecule has 0 amide bonds. The number of halogens is 1. The van der Waals surface area contributed by atoms with Gasteiger partial charge in [-0.05, 0) is 49.8 Å². The van der Waals surface area contributed by atoms with Crippen molar-refractivity contribution in [2.75, 3.05) is 0 Å². The monoisotopic (exact) mass is 293 g/mol. The minimum absolute atomic E-state index is 0.197. The standard InChI is InChI=1S/C18H28FNO/c1-4-14-5-8-17(9-6-14)21-18-10-7-16(19)11-15(18)12-20-13(2)3/h7,10-11,13-14,17,20H,4-6,8-9,12H2,1-3H3. The smallest absolute Gasteiger partial charge is 0.124 e. The molecule has 118 valence electrons. The molecule has 1 aromatic carbocycles. The van der Waals surface area contributed by atoms with E-state index in [1.54, 1.807) is 12.1 Å². The predicted octanol–water partition coefficient (Wildman–Crippen LogP) is 4.67. The molecule has 0 unspecified atom stereocenters. The maximum absolute atomic E-state index is 13.5. The molecule has 1 aromatic rings. The van der Waals surface area contributed by atoms with Crippen molar-refractivity contribution in [1.82, 2.24) is 5.32 Å². The van der Waals surface area contributed by atoms with Gasteiger partial charge in [0.1, 0.15) is 11.6 Å². The van der Waals surface area contributed by atoms with Crippen LogP contribution in [0.15, 0.2) is 18.2 Å². The molecule has 0 spiro atoms. The van der Waals surface area contributed by atoms with Crippen LogP contribution in [-0.4, -0.2) is 12.1 Å². The summed E-state index contributed by atoms with van der Waals surface area (Å²) in [5.41, 5.74) is 0.918. The van der Waals surface area contributed by atoms with Crippen LogP contribution in [0, 0.1) is 11.7 Å². The Labute approximate surface area is 128 Å². The molecule has 0 heterocycles. The summed E-state index contributed by atoms with van der Waals surface area (Å²) in [5.74, 6) is 1.50. The van der Waals surface area contributed by atoms with Gasteiger partial charge in [0.15, 0.2) is 0 Å². The molecule has 2 rings (SSSR count). The van der Waals surface area contributed by atoms with E-state index in [0.29, 0.717) is 12.6 Å². The number of ether oxygens (including phenoxy) is 1. The van der Waals surface area contributed by atoms with E-state index in [1.165, 1.54) is 25.3 Å². The first-order valence-electron chi connectivity index (χ1n) is 8.27. The predicted molar refractivity (Wildman–Crippen MR) is 85.0 cm³/mol. The minimum Gasteiger partial charge on any atom is -0.490 e. The van der Waals surface area contributed by atoms with E-state index in [1.807, 2.05) is 0 Å². The third-order valence-corrected chi connectivity index (χ3v) is 4.39. The molecule has 1 aliphatic carbocycles. The van der Waals surface area contributed by atoms with Crippen LogP contribution in [0.1, 0.15) is 58.4 Å². The van der Waals surface area contributed by atoms with E-state index in [9.17, 15) is 4.39 Å². The largest absolute Gasteiger partial charge is 0.490 e. The first kappa shape index (κ1) is 16.3. The fraction of sp³-hybridized carbons (Fsp3) is 0.667. The van der Waals surface area contributed by atoms with Crippen LogP contribution in [0.3, 0.4) is 0 Å². The Morgan fingerprint density at radius 1 is 1.24 bits per heavy atom. The molecule has 1 fully saturated rings. The van der Waals surface area contributed by atoms with E-state index < -0.39 is 0 Å². The molecular formula is C18H28FNO. The number of benzene rings is 1. The van der Waals surface area contributed by atoms with Crippen molar-refractivity contribution >= 4 is 0 Å². The highest BCUT2D eigenvalue weighted by molar-refractivity contribution is 5.34.